The molecule has 0 aromatic heterocycles. The summed E-state index contributed by atoms with van der Waals surface area (Å²) in [5, 5.41) is 0. The maximum Gasteiger partial charge on any atom is 0.259 e. The highest BCUT2D eigenvalue weighted by atomic mass is 19.1. The molecule has 0 radical (unpaired) electrons. The van der Waals surface area contributed by atoms with Crippen molar-refractivity contribution in [3.05, 3.63) is 47.5 Å². The van der Waals surface area contributed by atoms with Crippen LogP contribution in [-0.2, 0) is 4.79 Å². The van der Waals surface area contributed by atoms with E-state index in [-0.39, 0.29) is 23.8 Å². The highest BCUT2D eigenvalue weighted by Gasteiger charge is 2.47. The summed E-state index contributed by atoms with van der Waals surface area (Å²) in [7, 11) is 0. The molecule has 4 nitrogen and oxygen atoms in total. The lowest BCUT2D eigenvalue weighted by Gasteiger charge is -2.34. The van der Waals surface area contributed by atoms with Gasteiger partial charge in [0.2, 0.25) is 5.91 Å². The largest absolute Gasteiger partial charge is 0.337 e. The van der Waals surface area contributed by atoms with Crippen molar-refractivity contribution in [1.29, 1.82) is 0 Å². The topological polar surface area (TPSA) is 40.6 Å². The zero-order valence-electron chi connectivity index (χ0n) is 13.9. The highest BCUT2D eigenvalue weighted by Crippen LogP contribution is 2.38. The number of amides is 2. The summed E-state index contributed by atoms with van der Waals surface area (Å²) in [5.41, 5.74) is 0.600. The first-order valence-corrected chi connectivity index (χ1v) is 8.66. The summed E-state index contributed by atoms with van der Waals surface area (Å²) >= 11 is 0. The lowest BCUT2D eigenvalue weighted by atomic mass is 9.80. The summed E-state index contributed by atoms with van der Waals surface area (Å²) in [6.07, 6.45) is 2.32. The van der Waals surface area contributed by atoms with Crippen LogP contribution in [0.5, 0.6) is 0 Å². The lowest BCUT2D eigenvalue weighted by molar-refractivity contribution is -0.137. The quantitative estimate of drug-likeness (QED) is 0.773. The van der Waals surface area contributed by atoms with Crippen molar-refractivity contribution in [2.45, 2.75) is 25.3 Å². The number of nitrogens with zero attached hydrogens (tertiary/aromatic N) is 2. The van der Waals surface area contributed by atoms with E-state index in [9.17, 15) is 18.4 Å². The number of fused-ring (bicyclic) bond motifs is 1. The number of rotatable bonds is 2. The molecule has 1 aliphatic carbocycles. The molecule has 132 valence electrons. The Morgan fingerprint density at radius 2 is 1.80 bits per heavy atom. The minimum atomic E-state index is -0.844. The fourth-order valence-corrected chi connectivity index (χ4v) is 4.31. The van der Waals surface area contributed by atoms with Crippen molar-refractivity contribution in [2.24, 2.45) is 11.8 Å². The molecule has 2 saturated heterocycles. The van der Waals surface area contributed by atoms with Gasteiger partial charge in [0.05, 0.1) is 6.04 Å². The van der Waals surface area contributed by atoms with Crippen molar-refractivity contribution in [2.75, 3.05) is 19.6 Å². The number of hydrogen-bond acceptors (Lipinski definition) is 2. The summed E-state index contributed by atoms with van der Waals surface area (Å²) in [5.74, 6) is -1.99. The van der Waals surface area contributed by atoms with Crippen LogP contribution in [0, 0.1) is 23.5 Å². The van der Waals surface area contributed by atoms with Gasteiger partial charge in [-0.1, -0.05) is 18.2 Å². The van der Waals surface area contributed by atoms with Gasteiger partial charge < -0.3 is 9.80 Å². The second-order valence-electron chi connectivity index (χ2n) is 7.31. The first kappa shape index (κ1) is 16.2. The summed E-state index contributed by atoms with van der Waals surface area (Å²) in [6.45, 7) is 5.37. The second kappa shape index (κ2) is 5.93. The first-order valence-electron chi connectivity index (χ1n) is 8.66. The van der Waals surface area contributed by atoms with Crippen LogP contribution in [-0.4, -0.2) is 47.3 Å². The molecule has 25 heavy (non-hydrogen) atoms. The number of benzene rings is 1. The zero-order chi connectivity index (χ0) is 17.7. The van der Waals surface area contributed by atoms with Gasteiger partial charge in [0.1, 0.15) is 17.2 Å². The molecule has 3 aliphatic rings. The van der Waals surface area contributed by atoms with Gasteiger partial charge in [-0.05, 0) is 31.4 Å². The van der Waals surface area contributed by atoms with E-state index in [2.05, 4.69) is 6.58 Å². The monoisotopic (exact) mass is 346 g/mol. The number of allylic oxidation sites excluding steroid dienone is 1. The molecule has 2 atom stereocenters. The number of carbonyl (C=O) groups excluding carboxylic acids is 2. The molecule has 2 aliphatic heterocycles. The maximum absolute atomic E-state index is 13.9. The summed E-state index contributed by atoms with van der Waals surface area (Å²) in [4.78, 5) is 28.6. The predicted octanol–water partition coefficient (Wildman–Crippen LogP) is 2.60. The minimum absolute atomic E-state index is 0.0139. The smallest absolute Gasteiger partial charge is 0.259 e. The molecule has 1 aromatic carbocycles. The summed E-state index contributed by atoms with van der Waals surface area (Å²) < 4.78 is 27.8. The molecule has 6 heteroatoms. The van der Waals surface area contributed by atoms with E-state index in [0.29, 0.717) is 19.6 Å². The Hall–Kier alpha value is -2.24. The van der Waals surface area contributed by atoms with E-state index >= 15 is 0 Å². The molecule has 2 amide bonds. The van der Waals surface area contributed by atoms with Crippen molar-refractivity contribution in [3.63, 3.8) is 0 Å². The van der Waals surface area contributed by atoms with E-state index in [1.165, 1.54) is 11.0 Å². The average molecular weight is 346 g/mol. The number of likely N-dealkylation sites (tertiary alicyclic amines) is 2. The number of halogens is 2. The predicted molar refractivity (Wildman–Crippen MR) is 87.7 cm³/mol. The van der Waals surface area contributed by atoms with E-state index < -0.39 is 23.1 Å². The molecule has 0 unspecified atom stereocenters. The van der Waals surface area contributed by atoms with Gasteiger partial charge in [-0.3, -0.25) is 9.59 Å². The van der Waals surface area contributed by atoms with Gasteiger partial charge in [-0.25, -0.2) is 8.78 Å². The maximum atomic E-state index is 13.9. The SMILES string of the molecule is C=C1CC(C(=O)N2CC[C@H]3CN(C(=O)c4c(F)cccc4F)C[C@@H]32)C1. The highest BCUT2D eigenvalue weighted by molar-refractivity contribution is 5.95. The van der Waals surface area contributed by atoms with Gasteiger partial charge >= 0.3 is 0 Å². The standard InChI is InChI=1S/C19H20F2N2O2/c1-11-7-13(8-11)18(24)23-6-5-12-9-22(10-16(12)23)19(25)17-14(20)3-2-4-15(17)21/h2-4,12-13,16H,1,5-10H2/t12-,16-/m0/s1. The van der Waals surface area contributed by atoms with E-state index in [0.717, 1.165) is 37.0 Å². The van der Waals surface area contributed by atoms with Crippen LogP contribution >= 0.6 is 0 Å². The van der Waals surface area contributed by atoms with Crippen LogP contribution in [0.15, 0.2) is 30.4 Å². The molecule has 3 fully saturated rings. The van der Waals surface area contributed by atoms with E-state index in [1.807, 2.05) is 4.90 Å². The zero-order valence-corrected chi connectivity index (χ0v) is 13.9. The Labute approximate surface area is 145 Å². The van der Waals surface area contributed by atoms with Crippen LogP contribution in [0.3, 0.4) is 0 Å². The van der Waals surface area contributed by atoms with Crippen LogP contribution < -0.4 is 0 Å². The molecule has 0 N–H and O–H groups in total. The molecule has 0 spiro atoms. The molecule has 0 bridgehead atoms. The molecule has 4 rings (SSSR count). The van der Waals surface area contributed by atoms with Crippen molar-refractivity contribution >= 4 is 11.8 Å². The fraction of sp³-hybridized carbons (Fsp3) is 0.474. The van der Waals surface area contributed by atoms with Gasteiger partial charge in [0, 0.05) is 31.5 Å². The van der Waals surface area contributed by atoms with Crippen molar-refractivity contribution in [3.8, 4) is 0 Å². The summed E-state index contributed by atoms with van der Waals surface area (Å²) in [6, 6.07) is 3.38. The Kier molecular flexibility index (Phi) is 3.85. The van der Waals surface area contributed by atoms with Crippen LogP contribution in [0.2, 0.25) is 0 Å². The average Bonchev–Trinajstić information content (AvgIpc) is 3.11. The van der Waals surface area contributed by atoms with Crippen LogP contribution in [0.25, 0.3) is 0 Å². The normalized spacial score (nSPS) is 25.9. The molecule has 2 heterocycles. The van der Waals surface area contributed by atoms with Crippen molar-refractivity contribution < 1.29 is 18.4 Å². The number of carbonyl (C=O) groups is 2. The Balaban J connectivity index is 1.48. The Bertz CT molecular complexity index is 736. The van der Waals surface area contributed by atoms with E-state index in [1.54, 1.807) is 0 Å². The second-order valence-corrected chi connectivity index (χ2v) is 7.31. The Morgan fingerprint density at radius 1 is 1.12 bits per heavy atom. The van der Waals surface area contributed by atoms with Crippen LogP contribution in [0.4, 0.5) is 8.78 Å². The minimum Gasteiger partial charge on any atom is -0.337 e. The van der Waals surface area contributed by atoms with Crippen LogP contribution in [0.1, 0.15) is 29.6 Å². The van der Waals surface area contributed by atoms with Crippen molar-refractivity contribution in [1.82, 2.24) is 9.80 Å². The Morgan fingerprint density at radius 3 is 2.44 bits per heavy atom. The number of hydrogen-bond donors (Lipinski definition) is 0. The van der Waals surface area contributed by atoms with Gasteiger partial charge in [-0.15, -0.1) is 0 Å². The molecule has 1 saturated carbocycles. The van der Waals surface area contributed by atoms with E-state index in [4.69, 9.17) is 0 Å². The first-order chi connectivity index (χ1) is 12.0. The fourth-order valence-electron chi connectivity index (χ4n) is 4.31. The van der Waals surface area contributed by atoms with Gasteiger partial charge in [-0.2, -0.15) is 0 Å². The third-order valence-electron chi connectivity index (χ3n) is 5.71. The molecular formula is C19H20F2N2O2. The molecule has 1 aromatic rings. The molecular weight excluding hydrogens is 326 g/mol. The lowest BCUT2D eigenvalue weighted by Crippen LogP contribution is -2.45. The third-order valence-corrected chi connectivity index (χ3v) is 5.71. The third kappa shape index (κ3) is 2.64. The van der Waals surface area contributed by atoms with Gasteiger partial charge in [0.15, 0.2) is 0 Å². The van der Waals surface area contributed by atoms with Gasteiger partial charge in [0.25, 0.3) is 5.91 Å².